The van der Waals surface area contributed by atoms with Gasteiger partial charge >= 0.3 is 0 Å². The molecule has 0 aliphatic rings. The van der Waals surface area contributed by atoms with Crippen LogP contribution in [0, 0.1) is 17.0 Å². The van der Waals surface area contributed by atoms with Crippen molar-refractivity contribution in [3.05, 3.63) is 70.8 Å². The molecule has 0 radical (unpaired) electrons. The highest BCUT2D eigenvalue weighted by atomic mass is 19.2. The summed E-state index contributed by atoms with van der Waals surface area (Å²) in [6.45, 7) is 0.174. The van der Waals surface area contributed by atoms with Crippen LogP contribution < -0.4 is 11.1 Å². The number of nitrogens with two attached hydrogens (primary N) is 1. The van der Waals surface area contributed by atoms with Gasteiger partial charge in [0, 0.05) is 24.8 Å². The van der Waals surface area contributed by atoms with Crippen LogP contribution in [0.4, 0.5) is 8.78 Å². The maximum atomic E-state index is 13.8. The molecule has 5 nitrogen and oxygen atoms in total. The zero-order valence-electron chi connectivity index (χ0n) is 13.0. The first-order valence-corrected chi connectivity index (χ1v) is 7.11. The second-order valence-corrected chi connectivity index (χ2v) is 5.09. The Morgan fingerprint density at radius 2 is 1.92 bits per heavy atom. The van der Waals surface area contributed by atoms with E-state index < -0.39 is 23.6 Å². The SMILES string of the molecule is CO[C@H](C(=O)NCc1ccc(C(=N)N)cc1)c1cccc(F)c1F. The van der Waals surface area contributed by atoms with Crippen molar-refractivity contribution >= 4 is 11.7 Å². The van der Waals surface area contributed by atoms with Crippen LogP contribution in [-0.2, 0) is 16.1 Å². The quantitative estimate of drug-likeness (QED) is 0.560. The summed E-state index contributed by atoms with van der Waals surface area (Å²) in [6.07, 6.45) is -1.25. The molecule has 0 aliphatic carbocycles. The van der Waals surface area contributed by atoms with Gasteiger partial charge in [0.05, 0.1) is 0 Å². The topological polar surface area (TPSA) is 88.2 Å². The normalized spacial score (nSPS) is 11.8. The molecule has 4 N–H and O–H groups in total. The van der Waals surface area contributed by atoms with Gasteiger partial charge in [0.2, 0.25) is 0 Å². The molecule has 1 amide bonds. The van der Waals surface area contributed by atoms with E-state index in [9.17, 15) is 13.6 Å². The molecule has 1 atom stereocenters. The fourth-order valence-electron chi connectivity index (χ4n) is 2.18. The van der Waals surface area contributed by atoms with E-state index in [1.165, 1.54) is 19.2 Å². The van der Waals surface area contributed by atoms with E-state index in [1.807, 2.05) is 0 Å². The Hall–Kier alpha value is -2.80. The highest BCUT2D eigenvalue weighted by Crippen LogP contribution is 2.22. The first kappa shape index (κ1) is 17.6. The first-order chi connectivity index (χ1) is 11.4. The van der Waals surface area contributed by atoms with Crippen LogP contribution >= 0.6 is 0 Å². The molecule has 0 saturated heterocycles. The molecule has 126 valence electrons. The minimum atomic E-state index is -1.25. The highest BCUT2D eigenvalue weighted by molar-refractivity contribution is 5.94. The Balaban J connectivity index is 2.07. The summed E-state index contributed by atoms with van der Waals surface area (Å²) in [4.78, 5) is 12.2. The van der Waals surface area contributed by atoms with Crippen LogP contribution in [0.2, 0.25) is 0 Å². The van der Waals surface area contributed by atoms with Crippen LogP contribution in [0.3, 0.4) is 0 Å². The number of rotatable bonds is 6. The average molecular weight is 333 g/mol. The molecule has 0 fully saturated rings. The largest absolute Gasteiger partial charge is 0.384 e. The van der Waals surface area contributed by atoms with Crippen molar-refractivity contribution in [3.8, 4) is 0 Å². The van der Waals surface area contributed by atoms with E-state index in [4.69, 9.17) is 15.9 Å². The molecule has 0 bridgehead atoms. The van der Waals surface area contributed by atoms with Gasteiger partial charge in [-0.05, 0) is 11.6 Å². The summed E-state index contributed by atoms with van der Waals surface area (Å²) >= 11 is 0. The summed E-state index contributed by atoms with van der Waals surface area (Å²) < 4.78 is 32.1. The minimum Gasteiger partial charge on any atom is -0.384 e. The number of nitrogens with one attached hydrogen (secondary N) is 2. The number of amides is 1. The number of benzene rings is 2. The monoisotopic (exact) mass is 333 g/mol. The number of carbonyl (C=O) groups is 1. The summed E-state index contributed by atoms with van der Waals surface area (Å²) in [7, 11) is 1.25. The van der Waals surface area contributed by atoms with Crippen molar-refractivity contribution < 1.29 is 18.3 Å². The van der Waals surface area contributed by atoms with Gasteiger partial charge in [0.25, 0.3) is 5.91 Å². The molecule has 0 aromatic heterocycles. The van der Waals surface area contributed by atoms with Crippen molar-refractivity contribution in [2.24, 2.45) is 5.73 Å². The average Bonchev–Trinajstić information content (AvgIpc) is 2.57. The second kappa shape index (κ2) is 7.65. The van der Waals surface area contributed by atoms with Crippen LogP contribution in [0.1, 0.15) is 22.8 Å². The molecule has 0 aliphatic heterocycles. The number of halogens is 2. The lowest BCUT2D eigenvalue weighted by Crippen LogP contribution is -2.30. The highest BCUT2D eigenvalue weighted by Gasteiger charge is 2.24. The number of ether oxygens (including phenoxy) is 1. The molecular formula is C17H17F2N3O2. The molecule has 0 heterocycles. The van der Waals surface area contributed by atoms with E-state index in [-0.39, 0.29) is 17.9 Å². The number of methoxy groups -OCH3 is 1. The molecule has 7 heteroatoms. The molecule has 24 heavy (non-hydrogen) atoms. The van der Waals surface area contributed by atoms with Gasteiger partial charge in [-0.1, -0.05) is 36.4 Å². The van der Waals surface area contributed by atoms with Crippen molar-refractivity contribution in [1.82, 2.24) is 5.32 Å². The van der Waals surface area contributed by atoms with Crippen molar-refractivity contribution in [1.29, 1.82) is 5.41 Å². The first-order valence-electron chi connectivity index (χ1n) is 7.11. The standard InChI is InChI=1S/C17H17F2N3O2/c1-24-15(12-3-2-4-13(18)14(12)19)17(23)22-9-10-5-7-11(8-6-10)16(20)21/h2-8,15H,9H2,1H3,(H3,20,21)(H,22,23)/t15-/m0/s1. The molecule has 0 unspecified atom stereocenters. The van der Waals surface area contributed by atoms with Gasteiger partial charge in [-0.3, -0.25) is 10.2 Å². The maximum absolute atomic E-state index is 13.8. The third kappa shape index (κ3) is 3.94. The number of hydrogen-bond donors (Lipinski definition) is 3. The smallest absolute Gasteiger partial charge is 0.254 e. The Labute approximate surface area is 137 Å². The van der Waals surface area contributed by atoms with Crippen molar-refractivity contribution in [2.45, 2.75) is 12.6 Å². The fraction of sp³-hybridized carbons (Fsp3) is 0.176. The molecule has 2 aromatic rings. The molecule has 0 saturated carbocycles. The summed E-state index contributed by atoms with van der Waals surface area (Å²) in [5.41, 5.74) is 6.54. The van der Waals surface area contributed by atoms with Crippen molar-refractivity contribution in [3.63, 3.8) is 0 Å². The lowest BCUT2D eigenvalue weighted by Gasteiger charge is -2.16. The Kier molecular flexibility index (Phi) is 5.59. The number of amidine groups is 1. The van der Waals surface area contributed by atoms with Gasteiger partial charge in [-0.15, -0.1) is 0 Å². The summed E-state index contributed by atoms with van der Waals surface area (Å²) in [5.74, 6) is -2.78. The molecule has 0 spiro atoms. The third-order valence-corrected chi connectivity index (χ3v) is 3.47. The lowest BCUT2D eigenvalue weighted by molar-refractivity contribution is -0.131. The predicted octanol–water partition coefficient (Wildman–Crippen LogP) is 2.25. The van der Waals surface area contributed by atoms with Crippen LogP contribution in [0.5, 0.6) is 0 Å². The summed E-state index contributed by atoms with van der Waals surface area (Å²) in [6, 6.07) is 10.3. The number of nitrogen functional groups attached to an aromatic ring is 1. The number of carbonyl (C=O) groups excluding carboxylic acids is 1. The fourth-order valence-corrected chi connectivity index (χ4v) is 2.18. The number of hydrogen-bond acceptors (Lipinski definition) is 3. The Bertz CT molecular complexity index is 748. The van der Waals surface area contributed by atoms with E-state index in [0.717, 1.165) is 11.6 Å². The maximum Gasteiger partial charge on any atom is 0.254 e. The zero-order valence-corrected chi connectivity index (χ0v) is 13.0. The van der Waals surface area contributed by atoms with Gasteiger partial charge in [0.15, 0.2) is 17.7 Å². The van der Waals surface area contributed by atoms with E-state index in [0.29, 0.717) is 5.56 Å². The zero-order chi connectivity index (χ0) is 17.7. The summed E-state index contributed by atoms with van der Waals surface area (Å²) in [5, 5.41) is 9.92. The van der Waals surface area contributed by atoms with Crippen molar-refractivity contribution in [2.75, 3.05) is 7.11 Å². The van der Waals surface area contributed by atoms with Gasteiger partial charge in [0.1, 0.15) is 5.84 Å². The van der Waals surface area contributed by atoms with E-state index in [2.05, 4.69) is 5.32 Å². The minimum absolute atomic E-state index is 0.0494. The molecule has 2 rings (SSSR count). The van der Waals surface area contributed by atoms with Crippen LogP contribution in [0.15, 0.2) is 42.5 Å². The predicted molar refractivity (Wildman–Crippen MR) is 85.4 cm³/mol. The molecular weight excluding hydrogens is 316 g/mol. The van der Waals surface area contributed by atoms with E-state index >= 15 is 0 Å². The van der Waals surface area contributed by atoms with Crippen LogP contribution in [-0.4, -0.2) is 18.9 Å². The lowest BCUT2D eigenvalue weighted by atomic mass is 10.1. The Morgan fingerprint density at radius 1 is 1.25 bits per heavy atom. The second-order valence-electron chi connectivity index (χ2n) is 5.09. The van der Waals surface area contributed by atoms with Gasteiger partial charge in [-0.25, -0.2) is 8.78 Å². The Morgan fingerprint density at radius 3 is 2.50 bits per heavy atom. The van der Waals surface area contributed by atoms with Gasteiger partial charge in [-0.2, -0.15) is 0 Å². The van der Waals surface area contributed by atoms with E-state index in [1.54, 1.807) is 24.3 Å². The van der Waals surface area contributed by atoms with Gasteiger partial charge < -0.3 is 15.8 Å². The van der Waals surface area contributed by atoms with Crippen LogP contribution in [0.25, 0.3) is 0 Å². The molecule has 2 aromatic carbocycles. The third-order valence-electron chi connectivity index (χ3n) is 3.47.